The largest absolute Gasteiger partial charge is 0.336 e. The van der Waals surface area contributed by atoms with Gasteiger partial charge in [0.15, 0.2) is 0 Å². The molecule has 0 saturated carbocycles. The Balaban J connectivity index is 0.00000161. The number of tetrazole rings is 1. The van der Waals surface area contributed by atoms with Gasteiger partial charge in [0.05, 0.1) is 5.69 Å². The van der Waals surface area contributed by atoms with E-state index < -0.39 is 0 Å². The molecule has 1 aliphatic heterocycles. The molecule has 1 aromatic heterocycles. The van der Waals surface area contributed by atoms with Crippen LogP contribution in [-0.2, 0) is 0 Å². The third-order valence-electron chi connectivity index (χ3n) is 3.38. The Morgan fingerprint density at radius 1 is 1.33 bits per heavy atom. The number of hydrogen-bond acceptors (Lipinski definition) is 5. The van der Waals surface area contributed by atoms with Crippen molar-refractivity contribution in [1.29, 1.82) is 0 Å². The Labute approximate surface area is 128 Å². The molecule has 1 saturated heterocycles. The number of carbonyl (C=O) groups is 1. The van der Waals surface area contributed by atoms with Crippen LogP contribution in [-0.4, -0.2) is 56.7 Å². The third kappa shape index (κ3) is 3.37. The van der Waals surface area contributed by atoms with Crippen LogP contribution in [0.5, 0.6) is 0 Å². The predicted molar refractivity (Wildman–Crippen MR) is 79.8 cm³/mol. The van der Waals surface area contributed by atoms with Crippen LogP contribution in [0.25, 0.3) is 5.69 Å². The van der Waals surface area contributed by atoms with Gasteiger partial charge < -0.3 is 10.2 Å². The molecule has 0 spiro atoms. The fraction of sp³-hybridized carbons (Fsp3) is 0.385. The molecule has 21 heavy (non-hydrogen) atoms. The van der Waals surface area contributed by atoms with Crippen molar-refractivity contribution in [2.75, 3.05) is 19.6 Å². The number of rotatable bonds is 2. The predicted octanol–water partition coefficient (Wildman–Crippen LogP) is 0.518. The van der Waals surface area contributed by atoms with Gasteiger partial charge in [-0.05, 0) is 41.6 Å². The maximum atomic E-state index is 12.4. The lowest BCUT2D eigenvalue weighted by Crippen LogP contribution is -2.51. The first-order chi connectivity index (χ1) is 9.74. The van der Waals surface area contributed by atoms with Gasteiger partial charge in [-0.25, -0.2) is 4.68 Å². The van der Waals surface area contributed by atoms with Crippen LogP contribution in [0.3, 0.4) is 0 Å². The number of hydrogen-bond donors (Lipinski definition) is 1. The molecule has 1 aliphatic rings. The van der Waals surface area contributed by atoms with Crippen LogP contribution in [0.1, 0.15) is 17.3 Å². The highest BCUT2D eigenvalue weighted by molar-refractivity contribution is 5.94. The summed E-state index contributed by atoms with van der Waals surface area (Å²) >= 11 is 0. The Bertz CT molecular complexity index is 585. The van der Waals surface area contributed by atoms with E-state index in [1.165, 1.54) is 6.33 Å². The minimum atomic E-state index is 0. The first-order valence-corrected chi connectivity index (χ1v) is 6.60. The number of halogens is 1. The third-order valence-corrected chi connectivity index (χ3v) is 3.38. The monoisotopic (exact) mass is 308 g/mol. The summed E-state index contributed by atoms with van der Waals surface area (Å²) in [6, 6.07) is 7.65. The second-order valence-corrected chi connectivity index (χ2v) is 4.91. The van der Waals surface area contributed by atoms with E-state index >= 15 is 0 Å². The van der Waals surface area contributed by atoms with Crippen LogP contribution in [0.4, 0.5) is 0 Å². The molecule has 1 amide bonds. The number of amides is 1. The first kappa shape index (κ1) is 15.4. The molecule has 2 heterocycles. The van der Waals surface area contributed by atoms with E-state index in [9.17, 15) is 4.79 Å². The molecular formula is C13H17ClN6O. The van der Waals surface area contributed by atoms with Crippen molar-refractivity contribution in [3.8, 4) is 5.69 Å². The zero-order valence-electron chi connectivity index (χ0n) is 11.6. The van der Waals surface area contributed by atoms with Crippen molar-refractivity contribution in [1.82, 2.24) is 30.4 Å². The van der Waals surface area contributed by atoms with E-state index in [2.05, 4.69) is 27.8 Å². The SMILES string of the molecule is C[C@@H]1CN(C(=O)c2ccc(-n3cnnn3)cc2)CCN1.Cl. The van der Waals surface area contributed by atoms with Gasteiger partial charge in [-0.15, -0.1) is 17.5 Å². The molecule has 112 valence electrons. The fourth-order valence-corrected chi connectivity index (χ4v) is 2.34. The zero-order chi connectivity index (χ0) is 13.9. The summed E-state index contributed by atoms with van der Waals surface area (Å²) in [4.78, 5) is 14.3. The molecular weight excluding hydrogens is 292 g/mol. The molecule has 0 aliphatic carbocycles. The van der Waals surface area contributed by atoms with E-state index in [0.29, 0.717) is 11.6 Å². The van der Waals surface area contributed by atoms with Gasteiger partial charge in [0.25, 0.3) is 5.91 Å². The topological polar surface area (TPSA) is 75.9 Å². The van der Waals surface area contributed by atoms with Gasteiger partial charge in [-0.2, -0.15) is 0 Å². The number of aromatic nitrogens is 4. The molecule has 1 fully saturated rings. The second kappa shape index (κ2) is 6.64. The molecule has 0 unspecified atom stereocenters. The van der Waals surface area contributed by atoms with Gasteiger partial charge in [0, 0.05) is 31.2 Å². The number of nitrogens with zero attached hydrogens (tertiary/aromatic N) is 5. The van der Waals surface area contributed by atoms with Crippen molar-refractivity contribution < 1.29 is 4.79 Å². The van der Waals surface area contributed by atoms with Gasteiger partial charge in [-0.1, -0.05) is 0 Å². The average Bonchev–Trinajstić information content (AvgIpc) is 3.01. The van der Waals surface area contributed by atoms with E-state index in [1.54, 1.807) is 4.68 Å². The fourth-order valence-electron chi connectivity index (χ4n) is 2.34. The lowest BCUT2D eigenvalue weighted by molar-refractivity contribution is 0.0709. The molecule has 1 aromatic carbocycles. The molecule has 1 atom stereocenters. The summed E-state index contributed by atoms with van der Waals surface area (Å²) < 4.78 is 1.56. The molecule has 2 aromatic rings. The van der Waals surface area contributed by atoms with Crippen LogP contribution >= 0.6 is 12.4 Å². The summed E-state index contributed by atoms with van der Waals surface area (Å²) in [5.41, 5.74) is 1.52. The van der Waals surface area contributed by atoms with Crippen LogP contribution in [0.15, 0.2) is 30.6 Å². The molecule has 0 radical (unpaired) electrons. The van der Waals surface area contributed by atoms with Crippen LogP contribution < -0.4 is 5.32 Å². The lowest BCUT2D eigenvalue weighted by atomic mass is 10.1. The van der Waals surface area contributed by atoms with Crippen molar-refractivity contribution in [3.05, 3.63) is 36.2 Å². The quantitative estimate of drug-likeness (QED) is 0.875. The number of carbonyl (C=O) groups excluding carboxylic acids is 1. The minimum Gasteiger partial charge on any atom is -0.336 e. The highest BCUT2D eigenvalue weighted by Crippen LogP contribution is 2.11. The van der Waals surface area contributed by atoms with E-state index in [0.717, 1.165) is 25.3 Å². The van der Waals surface area contributed by atoms with Gasteiger partial charge >= 0.3 is 0 Å². The average molecular weight is 309 g/mol. The van der Waals surface area contributed by atoms with Crippen LogP contribution in [0.2, 0.25) is 0 Å². The van der Waals surface area contributed by atoms with Crippen molar-refractivity contribution in [2.45, 2.75) is 13.0 Å². The molecule has 0 bridgehead atoms. The normalized spacial score (nSPS) is 18.1. The maximum Gasteiger partial charge on any atom is 0.253 e. The smallest absolute Gasteiger partial charge is 0.253 e. The highest BCUT2D eigenvalue weighted by atomic mass is 35.5. The zero-order valence-corrected chi connectivity index (χ0v) is 12.5. The number of nitrogens with one attached hydrogen (secondary N) is 1. The Morgan fingerprint density at radius 2 is 2.10 bits per heavy atom. The van der Waals surface area contributed by atoms with Crippen LogP contribution in [0, 0.1) is 0 Å². The molecule has 7 nitrogen and oxygen atoms in total. The van der Waals surface area contributed by atoms with Gasteiger partial charge in [0.2, 0.25) is 0 Å². The highest BCUT2D eigenvalue weighted by Gasteiger charge is 2.21. The van der Waals surface area contributed by atoms with Gasteiger partial charge in [-0.3, -0.25) is 4.79 Å². The minimum absolute atomic E-state index is 0. The molecule has 1 N–H and O–H groups in total. The van der Waals surface area contributed by atoms with Gasteiger partial charge in [0.1, 0.15) is 6.33 Å². The molecule has 8 heteroatoms. The Kier molecular flexibility index (Phi) is 4.87. The van der Waals surface area contributed by atoms with E-state index in [1.807, 2.05) is 29.2 Å². The van der Waals surface area contributed by atoms with E-state index in [-0.39, 0.29) is 18.3 Å². The standard InChI is InChI=1S/C13H16N6O.ClH/c1-10-8-18(7-6-14-10)13(20)11-2-4-12(5-3-11)19-9-15-16-17-19;/h2-5,9-10,14H,6-8H2,1H3;1H/t10-;/m1./s1. The Hall–Kier alpha value is -1.99. The summed E-state index contributed by atoms with van der Waals surface area (Å²) in [6.07, 6.45) is 1.52. The van der Waals surface area contributed by atoms with Crippen molar-refractivity contribution in [3.63, 3.8) is 0 Å². The first-order valence-electron chi connectivity index (χ1n) is 6.60. The van der Waals surface area contributed by atoms with Crippen molar-refractivity contribution in [2.24, 2.45) is 0 Å². The Morgan fingerprint density at radius 3 is 2.71 bits per heavy atom. The van der Waals surface area contributed by atoms with Crippen molar-refractivity contribution >= 4 is 18.3 Å². The maximum absolute atomic E-state index is 12.4. The number of benzene rings is 1. The summed E-state index contributed by atoms with van der Waals surface area (Å²) in [5, 5.41) is 14.3. The second-order valence-electron chi connectivity index (χ2n) is 4.91. The summed E-state index contributed by atoms with van der Waals surface area (Å²) in [5.74, 6) is 0.0709. The lowest BCUT2D eigenvalue weighted by Gasteiger charge is -2.32. The summed E-state index contributed by atoms with van der Waals surface area (Å²) in [6.45, 7) is 4.42. The van der Waals surface area contributed by atoms with E-state index in [4.69, 9.17) is 0 Å². The molecule has 3 rings (SSSR count). The summed E-state index contributed by atoms with van der Waals surface area (Å²) in [7, 11) is 0. The number of piperazine rings is 1.